The van der Waals surface area contributed by atoms with E-state index in [0.717, 1.165) is 45.7 Å². The van der Waals surface area contributed by atoms with Crippen molar-refractivity contribution in [3.05, 3.63) is 101 Å². The van der Waals surface area contributed by atoms with E-state index in [9.17, 15) is 18.0 Å². The molecule has 39 heavy (non-hydrogen) atoms. The average Bonchev–Trinajstić information content (AvgIpc) is 2.90. The lowest BCUT2D eigenvalue weighted by molar-refractivity contribution is -0.140. The van der Waals surface area contributed by atoms with E-state index in [2.05, 4.69) is 5.32 Å². The molecule has 1 unspecified atom stereocenters. The van der Waals surface area contributed by atoms with Crippen molar-refractivity contribution in [2.24, 2.45) is 0 Å². The second-order valence-electron chi connectivity index (χ2n) is 9.97. The lowest BCUT2D eigenvalue weighted by Gasteiger charge is -2.33. The third-order valence-corrected chi connectivity index (χ3v) is 7.68. The molecule has 0 aliphatic carbocycles. The van der Waals surface area contributed by atoms with E-state index in [4.69, 9.17) is 0 Å². The van der Waals surface area contributed by atoms with Crippen LogP contribution >= 0.6 is 0 Å². The molecule has 0 radical (unpaired) electrons. The molecule has 0 heterocycles. The Labute approximate surface area is 232 Å². The topological polar surface area (TPSA) is 86.8 Å². The molecule has 0 spiro atoms. The summed E-state index contributed by atoms with van der Waals surface area (Å²) in [5, 5.41) is 2.99. The molecular formula is C31H39N3O4S. The molecule has 0 fully saturated rings. The number of unbranched alkanes of at least 4 members (excludes halogenated alkanes) is 1. The molecule has 7 nitrogen and oxygen atoms in total. The second kappa shape index (κ2) is 13.9. The number of carbonyl (C=O) groups excluding carboxylic acids is 2. The highest BCUT2D eigenvalue weighted by Gasteiger charge is 2.33. The molecule has 0 aromatic heterocycles. The van der Waals surface area contributed by atoms with Crippen molar-refractivity contribution in [1.29, 1.82) is 0 Å². The molecule has 1 N–H and O–H groups in total. The maximum absolute atomic E-state index is 14.0. The Morgan fingerprint density at radius 2 is 1.54 bits per heavy atom. The minimum absolute atomic E-state index is 0.171. The fourth-order valence-electron chi connectivity index (χ4n) is 4.39. The molecule has 3 aromatic carbocycles. The first kappa shape index (κ1) is 29.9. The Balaban J connectivity index is 2.02. The van der Waals surface area contributed by atoms with Gasteiger partial charge in [-0.15, -0.1) is 0 Å². The molecule has 1 atom stereocenters. The zero-order valence-corrected chi connectivity index (χ0v) is 24.1. The lowest BCUT2D eigenvalue weighted by Crippen LogP contribution is -2.53. The molecule has 208 valence electrons. The van der Waals surface area contributed by atoms with Crippen LogP contribution in [0.25, 0.3) is 0 Å². The zero-order chi connectivity index (χ0) is 28.4. The Morgan fingerprint density at radius 1 is 0.872 bits per heavy atom. The van der Waals surface area contributed by atoms with Crippen LogP contribution in [-0.4, -0.2) is 50.5 Å². The summed E-state index contributed by atoms with van der Waals surface area (Å²) < 4.78 is 26.7. The van der Waals surface area contributed by atoms with E-state index in [1.165, 1.54) is 4.90 Å². The lowest BCUT2D eigenvalue weighted by atomic mass is 10.0. The molecule has 0 aliphatic rings. The summed E-state index contributed by atoms with van der Waals surface area (Å²) in [5.41, 5.74) is 4.19. The third kappa shape index (κ3) is 8.96. The maximum atomic E-state index is 14.0. The van der Waals surface area contributed by atoms with Crippen molar-refractivity contribution in [1.82, 2.24) is 10.2 Å². The smallest absolute Gasteiger partial charge is 0.244 e. The van der Waals surface area contributed by atoms with Crippen LogP contribution < -0.4 is 9.62 Å². The van der Waals surface area contributed by atoms with Crippen LogP contribution in [0.15, 0.2) is 78.9 Å². The van der Waals surface area contributed by atoms with Crippen molar-refractivity contribution < 1.29 is 18.0 Å². The van der Waals surface area contributed by atoms with Crippen LogP contribution in [0.3, 0.4) is 0 Å². The average molecular weight is 550 g/mol. The first-order valence-electron chi connectivity index (χ1n) is 13.3. The first-order valence-corrected chi connectivity index (χ1v) is 15.1. The summed E-state index contributed by atoms with van der Waals surface area (Å²) in [6, 6.07) is 23.5. The summed E-state index contributed by atoms with van der Waals surface area (Å²) >= 11 is 0. The number of amides is 2. The molecule has 0 saturated heterocycles. The number of hydrogen-bond acceptors (Lipinski definition) is 4. The second-order valence-corrected chi connectivity index (χ2v) is 11.9. The maximum Gasteiger partial charge on any atom is 0.244 e. The van der Waals surface area contributed by atoms with Gasteiger partial charge in [0.25, 0.3) is 0 Å². The van der Waals surface area contributed by atoms with Crippen molar-refractivity contribution in [3.8, 4) is 0 Å². The highest BCUT2D eigenvalue weighted by molar-refractivity contribution is 7.92. The van der Waals surface area contributed by atoms with Gasteiger partial charge in [0.15, 0.2) is 0 Å². The molecule has 0 aliphatic heterocycles. The monoisotopic (exact) mass is 549 g/mol. The van der Waals surface area contributed by atoms with E-state index < -0.39 is 28.5 Å². The highest BCUT2D eigenvalue weighted by Crippen LogP contribution is 2.21. The fourth-order valence-corrected chi connectivity index (χ4v) is 5.24. The van der Waals surface area contributed by atoms with Crippen LogP contribution in [0.5, 0.6) is 0 Å². The number of nitrogens with one attached hydrogen (secondary N) is 1. The Bertz CT molecular complexity index is 1340. The standard InChI is InChI=1S/C31H39N3O4S/c1-5-6-19-32-31(36)29(21-26-12-8-7-9-13-26)33(22-27-14-10-11-25(3)20-27)30(35)23-34(39(4,37)38)28-17-15-24(2)16-18-28/h7-18,20,29H,5-6,19,21-23H2,1-4H3,(H,32,36). The molecule has 2 amide bonds. The number of hydrogen-bond donors (Lipinski definition) is 1. The number of carbonyl (C=O) groups is 2. The third-order valence-electron chi connectivity index (χ3n) is 6.54. The van der Waals surface area contributed by atoms with E-state index in [1.54, 1.807) is 12.1 Å². The predicted octanol–water partition coefficient (Wildman–Crippen LogP) is 4.63. The summed E-state index contributed by atoms with van der Waals surface area (Å²) in [5.74, 6) is -0.705. The van der Waals surface area contributed by atoms with Crippen LogP contribution in [-0.2, 0) is 32.6 Å². The minimum Gasteiger partial charge on any atom is -0.354 e. The quantitative estimate of drug-likeness (QED) is 0.315. The summed E-state index contributed by atoms with van der Waals surface area (Å²) in [7, 11) is -3.78. The number of nitrogens with zero attached hydrogens (tertiary/aromatic N) is 2. The van der Waals surface area contributed by atoms with Crippen LogP contribution in [0.1, 0.15) is 42.0 Å². The molecule has 8 heteroatoms. The number of sulfonamides is 1. The van der Waals surface area contributed by atoms with Crippen molar-refractivity contribution in [3.63, 3.8) is 0 Å². The SMILES string of the molecule is CCCCNC(=O)C(Cc1ccccc1)N(Cc1cccc(C)c1)C(=O)CN(c1ccc(C)cc1)S(C)(=O)=O. The van der Waals surface area contributed by atoms with Gasteiger partial charge in [-0.2, -0.15) is 0 Å². The highest BCUT2D eigenvalue weighted by atomic mass is 32.2. The summed E-state index contributed by atoms with van der Waals surface area (Å²) in [6.45, 7) is 6.19. The van der Waals surface area contributed by atoms with Crippen molar-refractivity contribution in [2.45, 2.75) is 52.6 Å². The van der Waals surface area contributed by atoms with Crippen LogP contribution in [0.2, 0.25) is 0 Å². The first-order chi connectivity index (χ1) is 18.6. The number of aryl methyl sites for hydroxylation is 2. The number of anilines is 1. The minimum atomic E-state index is -3.78. The van der Waals surface area contributed by atoms with E-state index >= 15 is 0 Å². The van der Waals surface area contributed by atoms with Gasteiger partial charge >= 0.3 is 0 Å². The van der Waals surface area contributed by atoms with Gasteiger partial charge in [-0.25, -0.2) is 8.42 Å². The summed E-state index contributed by atoms with van der Waals surface area (Å²) in [4.78, 5) is 29.1. The van der Waals surface area contributed by atoms with Gasteiger partial charge in [0.2, 0.25) is 21.8 Å². The van der Waals surface area contributed by atoms with Crippen molar-refractivity contribution >= 4 is 27.5 Å². The summed E-state index contributed by atoms with van der Waals surface area (Å²) in [6.07, 6.45) is 3.14. The Morgan fingerprint density at radius 3 is 2.15 bits per heavy atom. The number of benzene rings is 3. The largest absolute Gasteiger partial charge is 0.354 e. The normalized spacial score (nSPS) is 12.0. The Kier molecular flexibility index (Phi) is 10.7. The predicted molar refractivity (Wildman–Crippen MR) is 157 cm³/mol. The van der Waals surface area contributed by atoms with Gasteiger partial charge in [-0.05, 0) is 43.5 Å². The van der Waals surface area contributed by atoms with Crippen LogP contribution in [0.4, 0.5) is 5.69 Å². The van der Waals surface area contributed by atoms with E-state index in [0.29, 0.717) is 18.7 Å². The van der Waals surface area contributed by atoms with Gasteiger partial charge in [0, 0.05) is 19.5 Å². The molecule has 3 rings (SSSR count). The molecule has 0 bridgehead atoms. The zero-order valence-electron chi connectivity index (χ0n) is 23.3. The van der Waals surface area contributed by atoms with Crippen molar-refractivity contribution in [2.75, 3.05) is 23.7 Å². The van der Waals surface area contributed by atoms with Gasteiger partial charge in [-0.3, -0.25) is 13.9 Å². The van der Waals surface area contributed by atoms with Crippen LogP contribution in [0, 0.1) is 13.8 Å². The van der Waals surface area contributed by atoms with Gasteiger partial charge in [0.05, 0.1) is 11.9 Å². The van der Waals surface area contributed by atoms with Gasteiger partial charge in [0.1, 0.15) is 12.6 Å². The number of rotatable bonds is 13. The van der Waals surface area contributed by atoms with Gasteiger partial charge in [-0.1, -0.05) is 91.2 Å². The van der Waals surface area contributed by atoms with E-state index in [1.807, 2.05) is 87.5 Å². The molecular weight excluding hydrogens is 510 g/mol. The molecule has 3 aromatic rings. The Hall–Kier alpha value is -3.65. The molecule has 0 saturated carbocycles. The fraction of sp³-hybridized carbons (Fsp3) is 0.355. The van der Waals surface area contributed by atoms with E-state index in [-0.39, 0.29) is 12.5 Å². The van der Waals surface area contributed by atoms with Gasteiger partial charge < -0.3 is 10.2 Å².